The standard InChI is InChI=1S/ClH2NOP/c1-4(2)3/h(H2,2,3)/q+1. The van der Waals surface area contributed by atoms with E-state index in [2.05, 4.69) is 16.7 Å². The molecule has 0 saturated carbocycles. The SMILES string of the molecule is N[P+](=O)Cl. The Hall–Kier alpha value is 0.350. The summed E-state index contributed by atoms with van der Waals surface area (Å²) in [6.45, 7) is 0. The van der Waals surface area contributed by atoms with Crippen molar-refractivity contribution in [3.05, 3.63) is 0 Å². The second-order valence-electron chi connectivity index (χ2n) is 0.272. The van der Waals surface area contributed by atoms with E-state index < -0.39 is 7.30 Å². The van der Waals surface area contributed by atoms with Crippen LogP contribution in [0.3, 0.4) is 0 Å². The summed E-state index contributed by atoms with van der Waals surface area (Å²) in [6, 6.07) is 0. The topological polar surface area (TPSA) is 43.1 Å². The van der Waals surface area contributed by atoms with Gasteiger partial charge in [0.2, 0.25) is 11.2 Å². The highest BCUT2D eigenvalue weighted by Gasteiger charge is 1.90. The first-order valence-corrected chi connectivity index (χ1v) is 2.84. The van der Waals surface area contributed by atoms with Crippen molar-refractivity contribution in [3.8, 4) is 0 Å². The average Bonchev–Trinajstić information content (AvgIpc) is 0.811. The summed E-state index contributed by atoms with van der Waals surface area (Å²) in [5, 5.41) is 0. The molecule has 1 unspecified atom stereocenters. The number of nitrogens with two attached hydrogens (primary N) is 1. The predicted octanol–water partition coefficient (Wildman–Crippen LogP) is 0.841. The molecule has 2 N–H and O–H groups in total. The second-order valence-corrected chi connectivity index (χ2v) is 1.82. The van der Waals surface area contributed by atoms with Crippen LogP contribution in [-0.4, -0.2) is 0 Å². The Balaban J connectivity index is 2.80. The molecule has 4 heavy (non-hydrogen) atoms. The van der Waals surface area contributed by atoms with Crippen LogP contribution in [0.4, 0.5) is 0 Å². The molecule has 0 aromatic carbocycles. The van der Waals surface area contributed by atoms with Gasteiger partial charge in [-0.05, 0) is 4.57 Å². The monoisotopic (exact) mass is 98.0 g/mol. The minimum atomic E-state index is -1.90. The Kier molecular flexibility index (Phi) is 1.79. The van der Waals surface area contributed by atoms with Crippen LogP contribution in [0.5, 0.6) is 0 Å². The van der Waals surface area contributed by atoms with Crippen LogP contribution in [0.15, 0.2) is 0 Å². The summed E-state index contributed by atoms with van der Waals surface area (Å²) in [7, 11) is -1.90. The maximum atomic E-state index is 9.14. The zero-order chi connectivity index (χ0) is 3.58. The van der Waals surface area contributed by atoms with Crippen molar-refractivity contribution >= 4 is 18.5 Å². The molecule has 0 aromatic rings. The molecule has 0 spiro atoms. The lowest BCUT2D eigenvalue weighted by Gasteiger charge is -1.31. The Morgan fingerprint density at radius 2 is 2.00 bits per heavy atom. The summed E-state index contributed by atoms with van der Waals surface area (Å²) in [5.41, 5.74) is 4.39. The number of hydrogen-bond donors (Lipinski definition) is 1. The average molecular weight is 98.4 g/mol. The molecule has 0 bridgehead atoms. The van der Waals surface area contributed by atoms with Gasteiger partial charge in [-0.15, -0.1) is 5.50 Å². The van der Waals surface area contributed by atoms with Crippen molar-refractivity contribution in [1.29, 1.82) is 0 Å². The molecule has 0 aliphatic rings. The molecule has 1 atom stereocenters. The number of halogens is 1. The third kappa shape index (κ3) is 35.0. The maximum absolute atomic E-state index is 9.14. The lowest BCUT2D eigenvalue weighted by molar-refractivity contribution is 0.596. The fourth-order valence-electron chi connectivity index (χ4n) is 0. The lowest BCUT2D eigenvalue weighted by atomic mass is 13.9. The molecule has 0 saturated heterocycles. The van der Waals surface area contributed by atoms with Crippen LogP contribution in [-0.2, 0) is 4.57 Å². The molecule has 0 rings (SSSR count). The van der Waals surface area contributed by atoms with Gasteiger partial charge < -0.3 is 0 Å². The first kappa shape index (κ1) is 4.35. The highest BCUT2D eigenvalue weighted by Crippen LogP contribution is 2.11. The van der Waals surface area contributed by atoms with Crippen molar-refractivity contribution in [2.24, 2.45) is 5.50 Å². The molecular formula is H2ClNOP+. The fraction of sp³-hybridized carbons (Fsp3) is 0. The Morgan fingerprint density at radius 1 is 2.00 bits per heavy atom. The van der Waals surface area contributed by atoms with Gasteiger partial charge in [-0.2, -0.15) is 0 Å². The third-order valence-corrected chi connectivity index (χ3v) is 0. The van der Waals surface area contributed by atoms with E-state index in [9.17, 15) is 0 Å². The van der Waals surface area contributed by atoms with Gasteiger partial charge in [0.1, 0.15) is 0 Å². The van der Waals surface area contributed by atoms with E-state index in [1.807, 2.05) is 0 Å². The van der Waals surface area contributed by atoms with Crippen LogP contribution in [0.1, 0.15) is 0 Å². The Morgan fingerprint density at radius 3 is 2.00 bits per heavy atom. The van der Waals surface area contributed by atoms with E-state index in [-0.39, 0.29) is 0 Å². The van der Waals surface area contributed by atoms with E-state index in [1.165, 1.54) is 0 Å². The molecule has 0 aliphatic carbocycles. The van der Waals surface area contributed by atoms with E-state index in [0.29, 0.717) is 0 Å². The molecular weight excluding hydrogens is 96.4 g/mol. The Bertz CT molecular complexity index is 31.0. The molecule has 24 valence electrons. The quantitative estimate of drug-likeness (QED) is 0.456. The van der Waals surface area contributed by atoms with Gasteiger partial charge in [0.05, 0.1) is 0 Å². The zero-order valence-electron chi connectivity index (χ0n) is 1.81. The molecule has 0 radical (unpaired) electrons. The van der Waals surface area contributed by atoms with Crippen molar-refractivity contribution in [1.82, 2.24) is 0 Å². The first-order valence-electron chi connectivity index (χ1n) is 0.610. The summed E-state index contributed by atoms with van der Waals surface area (Å²) in [5.74, 6) is 0. The van der Waals surface area contributed by atoms with Gasteiger partial charge in [-0.1, -0.05) is 0 Å². The second kappa shape index (κ2) is 1.65. The van der Waals surface area contributed by atoms with Crippen LogP contribution < -0.4 is 5.50 Å². The third-order valence-electron chi connectivity index (χ3n) is 0. The fourth-order valence-corrected chi connectivity index (χ4v) is 0. The van der Waals surface area contributed by atoms with Crippen molar-refractivity contribution in [2.75, 3.05) is 0 Å². The summed E-state index contributed by atoms with van der Waals surface area (Å²) in [4.78, 5) is 0. The highest BCUT2D eigenvalue weighted by molar-refractivity contribution is 7.71. The Labute approximate surface area is 29.6 Å². The van der Waals surface area contributed by atoms with Crippen LogP contribution in [0, 0.1) is 0 Å². The van der Waals surface area contributed by atoms with Crippen molar-refractivity contribution in [3.63, 3.8) is 0 Å². The van der Waals surface area contributed by atoms with Gasteiger partial charge in [0.15, 0.2) is 0 Å². The van der Waals surface area contributed by atoms with Crippen molar-refractivity contribution in [2.45, 2.75) is 0 Å². The normalized spacial score (nSPS) is 11.0. The minimum Gasteiger partial charge on any atom is -0.105 e. The molecule has 4 heteroatoms. The van der Waals surface area contributed by atoms with Gasteiger partial charge >= 0.3 is 7.30 Å². The van der Waals surface area contributed by atoms with Crippen molar-refractivity contribution < 1.29 is 4.57 Å². The summed E-state index contributed by atoms with van der Waals surface area (Å²) >= 11 is 4.56. The van der Waals surface area contributed by atoms with Gasteiger partial charge in [-0.25, -0.2) is 0 Å². The zero-order valence-corrected chi connectivity index (χ0v) is 3.46. The first-order chi connectivity index (χ1) is 1.73. The van der Waals surface area contributed by atoms with E-state index in [1.54, 1.807) is 0 Å². The lowest BCUT2D eigenvalue weighted by Crippen LogP contribution is -1.61. The van der Waals surface area contributed by atoms with E-state index >= 15 is 0 Å². The summed E-state index contributed by atoms with van der Waals surface area (Å²) < 4.78 is 9.14. The molecule has 0 amide bonds. The molecule has 0 aromatic heterocycles. The largest absolute Gasteiger partial charge is 0.550 e. The molecule has 0 aliphatic heterocycles. The smallest absolute Gasteiger partial charge is 0.105 e. The van der Waals surface area contributed by atoms with Gasteiger partial charge in [-0.3, -0.25) is 0 Å². The summed E-state index contributed by atoms with van der Waals surface area (Å²) in [6.07, 6.45) is 0. The molecule has 2 nitrogen and oxygen atoms in total. The van der Waals surface area contributed by atoms with E-state index in [4.69, 9.17) is 4.57 Å². The number of rotatable bonds is 0. The molecule has 0 fully saturated rings. The van der Waals surface area contributed by atoms with Gasteiger partial charge in [0, 0.05) is 0 Å². The minimum absolute atomic E-state index is 1.90. The van der Waals surface area contributed by atoms with Gasteiger partial charge in [0.25, 0.3) is 0 Å². The molecule has 0 heterocycles. The van der Waals surface area contributed by atoms with Crippen LogP contribution in [0.25, 0.3) is 0 Å². The highest BCUT2D eigenvalue weighted by atomic mass is 35.7. The van der Waals surface area contributed by atoms with E-state index in [0.717, 1.165) is 0 Å². The maximum Gasteiger partial charge on any atom is 0.550 e. The predicted molar refractivity (Wildman–Crippen MR) is 17.6 cm³/mol. The number of hydrogen-bond acceptors (Lipinski definition) is 1. The van der Waals surface area contributed by atoms with Crippen LogP contribution in [0.2, 0.25) is 0 Å². The van der Waals surface area contributed by atoms with Crippen LogP contribution >= 0.6 is 18.5 Å².